The van der Waals surface area contributed by atoms with Crippen molar-refractivity contribution in [3.63, 3.8) is 0 Å². The lowest BCUT2D eigenvalue weighted by Crippen LogP contribution is -2.24. The zero-order valence-electron chi connectivity index (χ0n) is 15.5. The van der Waals surface area contributed by atoms with Crippen LogP contribution in [0.5, 0.6) is 11.5 Å². The van der Waals surface area contributed by atoms with Gasteiger partial charge < -0.3 is 15.0 Å². The van der Waals surface area contributed by atoms with Crippen LogP contribution in [0.4, 0.5) is 22.7 Å². The van der Waals surface area contributed by atoms with Crippen molar-refractivity contribution in [1.29, 1.82) is 0 Å². The molecule has 3 heteroatoms. The standard InChI is InChI=1S/C25H20N2O/c1-4-10-22-17(7-1)15-18-8-2-5-11-23(18)27(22)19-13-14-21-25(16-19)28-24-12-6-3-9-20(24)26-21/h1,3-7,9-14,16,26H,2,8,15H2. The Labute approximate surface area is 164 Å². The van der Waals surface area contributed by atoms with Crippen LogP contribution < -0.4 is 15.0 Å². The third kappa shape index (κ3) is 2.36. The number of nitrogens with one attached hydrogen (secondary N) is 1. The maximum Gasteiger partial charge on any atom is 0.153 e. The minimum absolute atomic E-state index is 0.862. The highest BCUT2D eigenvalue weighted by molar-refractivity contribution is 5.82. The number of hydrogen-bond donors (Lipinski definition) is 1. The van der Waals surface area contributed by atoms with Gasteiger partial charge in [-0.3, -0.25) is 0 Å². The SMILES string of the molecule is C1=CC2=C(CC1)Cc1ccccc1N2c1ccc2c(c1)Oc1ccccc1N2. The molecule has 0 aromatic heterocycles. The minimum Gasteiger partial charge on any atom is -0.453 e. The molecule has 1 N–H and O–H groups in total. The lowest BCUT2D eigenvalue weighted by molar-refractivity contribution is 0.481. The number of hydrogen-bond acceptors (Lipinski definition) is 3. The van der Waals surface area contributed by atoms with Crippen LogP contribution in [0, 0.1) is 0 Å². The van der Waals surface area contributed by atoms with Gasteiger partial charge >= 0.3 is 0 Å². The summed E-state index contributed by atoms with van der Waals surface area (Å²) in [6, 6.07) is 23.2. The van der Waals surface area contributed by atoms with Crippen LogP contribution in [0.3, 0.4) is 0 Å². The van der Waals surface area contributed by atoms with Gasteiger partial charge in [0.05, 0.1) is 11.4 Å². The Kier molecular flexibility index (Phi) is 3.36. The molecule has 0 radical (unpaired) electrons. The molecule has 0 saturated heterocycles. The van der Waals surface area contributed by atoms with Crippen LogP contribution in [-0.2, 0) is 6.42 Å². The summed E-state index contributed by atoms with van der Waals surface area (Å²) in [5.41, 5.74) is 8.62. The van der Waals surface area contributed by atoms with Crippen molar-refractivity contribution >= 4 is 22.7 Å². The van der Waals surface area contributed by atoms with Gasteiger partial charge in [0.25, 0.3) is 0 Å². The maximum atomic E-state index is 6.21. The van der Waals surface area contributed by atoms with E-state index in [2.05, 4.69) is 64.8 Å². The van der Waals surface area contributed by atoms with Crippen molar-refractivity contribution < 1.29 is 4.74 Å². The second kappa shape index (κ2) is 6.03. The number of para-hydroxylation sites is 3. The number of nitrogens with zero attached hydrogens (tertiary/aromatic N) is 1. The summed E-state index contributed by atoms with van der Waals surface area (Å²) < 4.78 is 6.21. The van der Waals surface area contributed by atoms with Gasteiger partial charge in [-0.15, -0.1) is 0 Å². The van der Waals surface area contributed by atoms with Crippen LogP contribution in [0.2, 0.25) is 0 Å². The number of rotatable bonds is 1. The van der Waals surface area contributed by atoms with Crippen LogP contribution in [0.1, 0.15) is 18.4 Å². The number of benzene rings is 3. The van der Waals surface area contributed by atoms with Gasteiger partial charge in [0.1, 0.15) is 0 Å². The number of anilines is 4. The molecule has 28 heavy (non-hydrogen) atoms. The molecule has 3 aliphatic rings. The van der Waals surface area contributed by atoms with Crippen molar-refractivity contribution in [3.05, 3.63) is 95.7 Å². The molecule has 2 heterocycles. The molecule has 6 rings (SSSR count). The topological polar surface area (TPSA) is 24.5 Å². The Hall–Kier alpha value is -3.46. The molecule has 0 bridgehead atoms. The molecule has 3 aromatic carbocycles. The summed E-state index contributed by atoms with van der Waals surface area (Å²) in [4.78, 5) is 2.38. The summed E-state index contributed by atoms with van der Waals surface area (Å²) in [6.45, 7) is 0. The molecule has 1 aliphatic carbocycles. The van der Waals surface area contributed by atoms with E-state index in [0.717, 1.165) is 47.8 Å². The minimum atomic E-state index is 0.862. The first-order chi connectivity index (χ1) is 13.9. The normalized spacial score (nSPS) is 16.4. The van der Waals surface area contributed by atoms with Gasteiger partial charge in [0, 0.05) is 23.1 Å². The van der Waals surface area contributed by atoms with Gasteiger partial charge in [-0.2, -0.15) is 0 Å². The molecule has 2 aliphatic heterocycles. The third-order valence-corrected chi connectivity index (χ3v) is 5.73. The lowest BCUT2D eigenvalue weighted by Gasteiger charge is -2.36. The molecule has 0 spiro atoms. The number of fused-ring (bicyclic) bond motifs is 3. The van der Waals surface area contributed by atoms with Crippen molar-refractivity contribution in [3.8, 4) is 11.5 Å². The molecule has 0 fully saturated rings. The Morgan fingerprint density at radius 3 is 2.71 bits per heavy atom. The van der Waals surface area contributed by atoms with E-state index in [9.17, 15) is 0 Å². The molecule has 3 aromatic rings. The average Bonchev–Trinajstić information content (AvgIpc) is 2.75. The predicted molar refractivity (Wildman–Crippen MR) is 114 cm³/mol. The monoisotopic (exact) mass is 364 g/mol. The third-order valence-electron chi connectivity index (χ3n) is 5.73. The summed E-state index contributed by atoms with van der Waals surface area (Å²) in [5, 5.41) is 3.48. The van der Waals surface area contributed by atoms with E-state index in [1.165, 1.54) is 22.5 Å². The highest BCUT2D eigenvalue weighted by Crippen LogP contribution is 2.47. The van der Waals surface area contributed by atoms with Crippen molar-refractivity contribution in [2.24, 2.45) is 0 Å². The fourth-order valence-electron chi connectivity index (χ4n) is 4.39. The quantitative estimate of drug-likeness (QED) is 0.400. The van der Waals surface area contributed by atoms with Gasteiger partial charge in [0.15, 0.2) is 11.5 Å². The van der Waals surface area contributed by atoms with E-state index in [-0.39, 0.29) is 0 Å². The average molecular weight is 364 g/mol. The molecular weight excluding hydrogens is 344 g/mol. The van der Waals surface area contributed by atoms with E-state index in [1.807, 2.05) is 24.3 Å². The molecule has 0 atom stereocenters. The number of ether oxygens (including phenoxy) is 1. The Balaban J connectivity index is 1.48. The molecule has 0 saturated carbocycles. The highest BCUT2D eigenvalue weighted by Gasteiger charge is 2.27. The van der Waals surface area contributed by atoms with Crippen molar-refractivity contribution in [1.82, 2.24) is 0 Å². The Bertz CT molecular complexity index is 1160. The lowest BCUT2D eigenvalue weighted by atomic mass is 9.89. The number of allylic oxidation sites excluding steroid dienone is 3. The van der Waals surface area contributed by atoms with Gasteiger partial charge in [-0.05, 0) is 66.8 Å². The smallest absolute Gasteiger partial charge is 0.153 e. The molecule has 0 unspecified atom stereocenters. The fraction of sp³-hybridized carbons (Fsp3) is 0.120. The van der Waals surface area contributed by atoms with Crippen LogP contribution in [0.15, 0.2) is 90.2 Å². The second-order valence-electron chi connectivity index (χ2n) is 7.47. The largest absolute Gasteiger partial charge is 0.453 e. The predicted octanol–water partition coefficient (Wildman–Crippen LogP) is 6.83. The zero-order valence-corrected chi connectivity index (χ0v) is 15.5. The van der Waals surface area contributed by atoms with Crippen LogP contribution in [-0.4, -0.2) is 0 Å². The van der Waals surface area contributed by atoms with E-state index in [0.29, 0.717) is 0 Å². The van der Waals surface area contributed by atoms with Crippen molar-refractivity contribution in [2.75, 3.05) is 10.2 Å². The van der Waals surface area contributed by atoms with E-state index < -0.39 is 0 Å². The van der Waals surface area contributed by atoms with Crippen LogP contribution >= 0.6 is 0 Å². The Morgan fingerprint density at radius 1 is 0.857 bits per heavy atom. The van der Waals surface area contributed by atoms with Crippen LogP contribution in [0.25, 0.3) is 0 Å². The molecule has 3 nitrogen and oxygen atoms in total. The zero-order chi connectivity index (χ0) is 18.5. The first-order valence-corrected chi connectivity index (χ1v) is 9.81. The molecular formula is C25H20N2O. The summed E-state index contributed by atoms with van der Waals surface area (Å²) >= 11 is 0. The second-order valence-corrected chi connectivity index (χ2v) is 7.47. The summed E-state index contributed by atoms with van der Waals surface area (Å²) in [7, 11) is 0. The van der Waals surface area contributed by atoms with Gasteiger partial charge in [0.2, 0.25) is 0 Å². The van der Waals surface area contributed by atoms with Crippen molar-refractivity contribution in [2.45, 2.75) is 19.3 Å². The molecule has 136 valence electrons. The maximum absolute atomic E-state index is 6.21. The highest BCUT2D eigenvalue weighted by atomic mass is 16.5. The van der Waals surface area contributed by atoms with E-state index in [1.54, 1.807) is 0 Å². The van der Waals surface area contributed by atoms with E-state index >= 15 is 0 Å². The first-order valence-electron chi connectivity index (χ1n) is 9.81. The van der Waals surface area contributed by atoms with E-state index in [4.69, 9.17) is 4.74 Å². The fourth-order valence-corrected chi connectivity index (χ4v) is 4.39. The summed E-state index contributed by atoms with van der Waals surface area (Å²) in [5.74, 6) is 1.73. The molecule has 0 amide bonds. The van der Waals surface area contributed by atoms with Gasteiger partial charge in [-0.25, -0.2) is 0 Å². The first kappa shape index (κ1) is 15.6. The Morgan fingerprint density at radius 2 is 1.71 bits per heavy atom. The summed E-state index contributed by atoms with van der Waals surface area (Å²) in [6.07, 6.45) is 7.87. The van der Waals surface area contributed by atoms with Gasteiger partial charge in [-0.1, -0.05) is 36.4 Å².